The van der Waals surface area contributed by atoms with Crippen LogP contribution in [0.3, 0.4) is 0 Å². The molecule has 1 aromatic heterocycles. The Morgan fingerprint density at radius 2 is 1.28 bits per heavy atom. The molecule has 158 valence electrons. The zero-order valence-electron chi connectivity index (χ0n) is 19.4. The lowest BCUT2D eigenvalue weighted by molar-refractivity contribution is 0.521. The Balaban J connectivity index is 1.56. The van der Waals surface area contributed by atoms with Crippen molar-refractivity contribution in [3.63, 3.8) is 0 Å². The third kappa shape index (κ3) is 2.60. The number of rotatable bonds is 1. The van der Waals surface area contributed by atoms with Crippen molar-refractivity contribution in [2.45, 2.75) is 51.4 Å². The highest BCUT2D eigenvalue weighted by molar-refractivity contribution is 5.80. The first kappa shape index (κ1) is 19.5. The summed E-state index contributed by atoms with van der Waals surface area (Å²) in [5.41, 5.74) is 13.6. The fraction of sp³-hybridized carbons (Fsp3) is 0.258. The highest BCUT2D eigenvalue weighted by Crippen LogP contribution is 2.50. The quantitative estimate of drug-likeness (QED) is 0.314. The molecule has 0 saturated heterocycles. The lowest BCUT2D eigenvalue weighted by atomic mass is 9.60. The van der Waals surface area contributed by atoms with Crippen molar-refractivity contribution in [2.24, 2.45) is 0 Å². The first-order valence-electron chi connectivity index (χ1n) is 11.7. The summed E-state index contributed by atoms with van der Waals surface area (Å²) in [6.45, 7) is 9.46. The van der Waals surface area contributed by atoms with Crippen LogP contribution in [0.15, 0.2) is 79.0 Å². The smallest absolute Gasteiger partial charge is 0.0740 e. The Morgan fingerprint density at radius 1 is 0.625 bits per heavy atom. The number of nitrogens with zero attached hydrogens (tertiary/aromatic N) is 1. The molecule has 1 heterocycles. The highest BCUT2D eigenvalue weighted by Gasteiger charge is 2.41. The van der Waals surface area contributed by atoms with Gasteiger partial charge in [0.1, 0.15) is 0 Å². The van der Waals surface area contributed by atoms with E-state index in [1.807, 2.05) is 6.20 Å². The molecule has 2 aliphatic carbocycles. The SMILES string of the molecule is CC1(C)c2ccccc2C(C)(C)c2cc(-c3nccc4c3CCc3ccccc3-4)ccc21. The van der Waals surface area contributed by atoms with Crippen LogP contribution in [0.5, 0.6) is 0 Å². The van der Waals surface area contributed by atoms with E-state index in [4.69, 9.17) is 4.98 Å². The van der Waals surface area contributed by atoms with E-state index in [0.717, 1.165) is 18.5 Å². The Labute approximate surface area is 191 Å². The van der Waals surface area contributed by atoms with Crippen LogP contribution >= 0.6 is 0 Å². The van der Waals surface area contributed by atoms with E-state index in [1.54, 1.807) is 0 Å². The third-order valence-corrected chi connectivity index (χ3v) is 7.92. The molecule has 1 nitrogen and oxygen atoms in total. The minimum absolute atomic E-state index is 0.0114. The number of hydrogen-bond donors (Lipinski definition) is 0. The predicted octanol–water partition coefficient (Wildman–Crippen LogP) is 7.48. The average Bonchev–Trinajstić information content (AvgIpc) is 2.82. The largest absolute Gasteiger partial charge is 0.256 e. The van der Waals surface area contributed by atoms with Gasteiger partial charge in [0.2, 0.25) is 0 Å². The van der Waals surface area contributed by atoms with Crippen molar-refractivity contribution in [3.05, 3.63) is 112 Å². The van der Waals surface area contributed by atoms with Gasteiger partial charge in [-0.2, -0.15) is 0 Å². The molecular formula is C31H29N. The molecule has 6 rings (SSSR count). The Bertz CT molecular complexity index is 1370. The summed E-state index contributed by atoms with van der Waals surface area (Å²) in [6, 6.07) is 27.1. The second kappa shape index (κ2) is 6.65. The van der Waals surface area contributed by atoms with Gasteiger partial charge in [0.05, 0.1) is 5.69 Å². The van der Waals surface area contributed by atoms with Gasteiger partial charge >= 0.3 is 0 Å². The third-order valence-electron chi connectivity index (χ3n) is 7.92. The highest BCUT2D eigenvalue weighted by atomic mass is 14.7. The maximum atomic E-state index is 4.91. The monoisotopic (exact) mass is 415 g/mol. The van der Waals surface area contributed by atoms with Crippen molar-refractivity contribution in [3.8, 4) is 22.4 Å². The summed E-state index contributed by atoms with van der Waals surface area (Å²) in [5.74, 6) is 0. The molecule has 1 heteroatoms. The van der Waals surface area contributed by atoms with E-state index < -0.39 is 0 Å². The van der Waals surface area contributed by atoms with Crippen LogP contribution in [0.4, 0.5) is 0 Å². The molecule has 0 spiro atoms. The molecule has 0 bridgehead atoms. The Morgan fingerprint density at radius 3 is 2.06 bits per heavy atom. The summed E-state index contributed by atoms with van der Waals surface area (Å²) in [7, 11) is 0. The topological polar surface area (TPSA) is 12.9 Å². The van der Waals surface area contributed by atoms with Gasteiger partial charge < -0.3 is 0 Å². The fourth-order valence-corrected chi connectivity index (χ4v) is 6.12. The van der Waals surface area contributed by atoms with Crippen LogP contribution in [0.1, 0.15) is 61.1 Å². The maximum Gasteiger partial charge on any atom is 0.0740 e. The number of fused-ring (bicyclic) bond motifs is 5. The van der Waals surface area contributed by atoms with Gasteiger partial charge in [-0.1, -0.05) is 88.4 Å². The maximum absolute atomic E-state index is 4.91. The van der Waals surface area contributed by atoms with Crippen LogP contribution in [0.25, 0.3) is 22.4 Å². The van der Waals surface area contributed by atoms with Crippen LogP contribution < -0.4 is 0 Å². The molecule has 0 fully saturated rings. The van der Waals surface area contributed by atoms with Gasteiger partial charge in [-0.15, -0.1) is 0 Å². The zero-order chi connectivity index (χ0) is 22.1. The summed E-state index contributed by atoms with van der Waals surface area (Å²) in [5, 5.41) is 0. The molecule has 0 unspecified atom stereocenters. The van der Waals surface area contributed by atoms with Crippen molar-refractivity contribution < 1.29 is 0 Å². The Kier molecular flexibility index (Phi) is 4.05. The van der Waals surface area contributed by atoms with E-state index in [0.29, 0.717) is 0 Å². The summed E-state index contributed by atoms with van der Waals surface area (Å²) >= 11 is 0. The normalized spacial score (nSPS) is 17.0. The predicted molar refractivity (Wildman–Crippen MR) is 133 cm³/mol. The minimum Gasteiger partial charge on any atom is -0.256 e. The number of aromatic nitrogens is 1. The Hall–Kier alpha value is -3.19. The number of hydrogen-bond acceptors (Lipinski definition) is 1. The summed E-state index contributed by atoms with van der Waals surface area (Å²) in [4.78, 5) is 4.91. The molecular weight excluding hydrogens is 386 g/mol. The number of benzene rings is 3. The van der Waals surface area contributed by atoms with E-state index in [1.165, 1.54) is 50.1 Å². The minimum atomic E-state index is -0.0428. The van der Waals surface area contributed by atoms with Gasteiger partial charge in [-0.3, -0.25) is 4.98 Å². The molecule has 0 saturated carbocycles. The average molecular weight is 416 g/mol. The van der Waals surface area contributed by atoms with Crippen LogP contribution in [-0.2, 0) is 23.7 Å². The second-order valence-corrected chi connectivity index (χ2v) is 10.4. The van der Waals surface area contributed by atoms with E-state index in [2.05, 4.69) is 100 Å². The molecule has 0 amide bonds. The molecule has 2 aliphatic rings. The molecule has 3 aromatic carbocycles. The standard InChI is InChI=1S/C31H29N/c1-30(2)25-11-7-8-12-26(25)31(3,4)28-19-21(14-16-27(28)30)29-24-15-13-20-9-5-6-10-22(20)23(24)17-18-32-29/h5-12,14,16-19H,13,15H2,1-4H3. The molecule has 0 radical (unpaired) electrons. The van der Waals surface area contributed by atoms with Crippen LogP contribution in [-0.4, -0.2) is 4.98 Å². The van der Waals surface area contributed by atoms with Crippen molar-refractivity contribution in [2.75, 3.05) is 0 Å². The molecule has 4 aromatic rings. The van der Waals surface area contributed by atoms with Gasteiger partial charge in [0.15, 0.2) is 0 Å². The summed E-state index contributed by atoms with van der Waals surface area (Å²) < 4.78 is 0. The second-order valence-electron chi connectivity index (χ2n) is 10.4. The molecule has 0 N–H and O–H groups in total. The number of pyridine rings is 1. The fourth-order valence-electron chi connectivity index (χ4n) is 6.12. The lowest BCUT2D eigenvalue weighted by Crippen LogP contribution is -2.36. The van der Waals surface area contributed by atoms with Crippen molar-refractivity contribution >= 4 is 0 Å². The van der Waals surface area contributed by atoms with Gasteiger partial charge in [-0.05, 0) is 69.5 Å². The zero-order valence-corrected chi connectivity index (χ0v) is 19.4. The molecule has 0 aliphatic heterocycles. The van der Waals surface area contributed by atoms with Gasteiger partial charge in [0.25, 0.3) is 0 Å². The summed E-state index contributed by atoms with van der Waals surface area (Å²) in [6.07, 6.45) is 4.11. The van der Waals surface area contributed by atoms with E-state index in [-0.39, 0.29) is 10.8 Å². The first-order chi connectivity index (χ1) is 15.4. The molecule has 32 heavy (non-hydrogen) atoms. The first-order valence-corrected chi connectivity index (χ1v) is 11.7. The van der Waals surface area contributed by atoms with Crippen LogP contribution in [0, 0.1) is 0 Å². The van der Waals surface area contributed by atoms with Gasteiger partial charge in [-0.25, -0.2) is 0 Å². The van der Waals surface area contributed by atoms with Gasteiger partial charge in [0, 0.05) is 22.6 Å². The lowest BCUT2D eigenvalue weighted by Gasteiger charge is -2.44. The van der Waals surface area contributed by atoms with Crippen molar-refractivity contribution in [1.82, 2.24) is 4.98 Å². The van der Waals surface area contributed by atoms with Crippen LogP contribution in [0.2, 0.25) is 0 Å². The molecule has 0 atom stereocenters. The van der Waals surface area contributed by atoms with E-state index >= 15 is 0 Å². The number of aryl methyl sites for hydroxylation is 1. The van der Waals surface area contributed by atoms with Crippen molar-refractivity contribution in [1.29, 1.82) is 0 Å². The van der Waals surface area contributed by atoms with E-state index in [9.17, 15) is 0 Å².